The van der Waals surface area contributed by atoms with Gasteiger partial charge in [0.2, 0.25) is 0 Å². The summed E-state index contributed by atoms with van der Waals surface area (Å²) in [6.45, 7) is 0. The molecule has 0 radical (unpaired) electrons. The van der Waals surface area contributed by atoms with Gasteiger partial charge in [-0.1, -0.05) is 12.1 Å². The SMILES string of the molecule is COc1ccc(N(C)c2cc(=O)oc3ccccc23)cc1OC(=O)CCCCCl. The highest BCUT2D eigenvalue weighted by molar-refractivity contribution is 6.17. The molecule has 0 saturated carbocycles. The number of hydrogen-bond acceptors (Lipinski definition) is 6. The Kier molecular flexibility index (Phi) is 6.77. The molecule has 1 heterocycles. The summed E-state index contributed by atoms with van der Waals surface area (Å²) in [5, 5.41) is 0.796. The lowest BCUT2D eigenvalue weighted by molar-refractivity contribution is -0.134. The number of halogens is 1. The van der Waals surface area contributed by atoms with Crippen LogP contribution in [0.5, 0.6) is 11.5 Å². The summed E-state index contributed by atoms with van der Waals surface area (Å²) in [6.07, 6.45) is 1.69. The van der Waals surface area contributed by atoms with E-state index in [1.807, 2.05) is 36.2 Å². The number of fused-ring (bicyclic) bond motifs is 1. The molecule has 0 aliphatic rings. The van der Waals surface area contributed by atoms with E-state index in [0.29, 0.717) is 35.1 Å². The number of hydrogen-bond donors (Lipinski definition) is 0. The Labute approximate surface area is 173 Å². The van der Waals surface area contributed by atoms with Crippen LogP contribution in [0.4, 0.5) is 11.4 Å². The van der Waals surface area contributed by atoms with Gasteiger partial charge in [-0.2, -0.15) is 0 Å². The van der Waals surface area contributed by atoms with Crippen LogP contribution in [0.25, 0.3) is 11.0 Å². The third-order valence-electron chi connectivity index (χ3n) is 4.51. The Bertz CT molecular complexity index is 1060. The molecule has 0 aliphatic carbocycles. The molecule has 3 rings (SSSR count). The van der Waals surface area contributed by atoms with Gasteiger partial charge < -0.3 is 18.8 Å². The molecule has 1 aromatic heterocycles. The molecule has 29 heavy (non-hydrogen) atoms. The number of esters is 1. The first kappa shape index (κ1) is 20.7. The first-order valence-electron chi connectivity index (χ1n) is 9.25. The lowest BCUT2D eigenvalue weighted by Crippen LogP contribution is -2.14. The molecule has 0 fully saturated rings. The van der Waals surface area contributed by atoms with E-state index in [9.17, 15) is 9.59 Å². The summed E-state index contributed by atoms with van der Waals surface area (Å²) in [5.74, 6) is 0.930. The normalized spacial score (nSPS) is 10.7. The molecule has 7 heteroatoms. The van der Waals surface area contributed by atoms with Crippen LogP contribution in [0.3, 0.4) is 0 Å². The Morgan fingerprint density at radius 1 is 1.10 bits per heavy atom. The summed E-state index contributed by atoms with van der Waals surface area (Å²) in [4.78, 5) is 26.0. The van der Waals surface area contributed by atoms with Crippen molar-refractivity contribution in [3.63, 3.8) is 0 Å². The number of benzene rings is 2. The first-order chi connectivity index (χ1) is 14.0. The predicted octanol–water partition coefficient (Wildman–Crippen LogP) is 4.88. The van der Waals surface area contributed by atoms with E-state index in [4.69, 9.17) is 25.5 Å². The molecule has 0 spiro atoms. The number of carbonyl (C=O) groups excluding carboxylic acids is 1. The Morgan fingerprint density at radius 2 is 1.90 bits per heavy atom. The summed E-state index contributed by atoms with van der Waals surface area (Å²) >= 11 is 5.65. The molecular formula is C22H22ClNO5. The van der Waals surface area contributed by atoms with Crippen LogP contribution in [0.1, 0.15) is 19.3 Å². The molecule has 0 aliphatic heterocycles. The number of para-hydroxylation sites is 1. The topological polar surface area (TPSA) is 69.0 Å². The van der Waals surface area contributed by atoms with Crippen molar-refractivity contribution in [3.05, 3.63) is 59.0 Å². The molecule has 0 saturated heterocycles. The van der Waals surface area contributed by atoms with E-state index in [1.165, 1.54) is 13.2 Å². The van der Waals surface area contributed by atoms with Gasteiger partial charge in [0, 0.05) is 42.6 Å². The summed E-state index contributed by atoms with van der Waals surface area (Å²) < 4.78 is 16.1. The average Bonchev–Trinajstić information content (AvgIpc) is 2.72. The van der Waals surface area contributed by atoms with Gasteiger partial charge in [0.25, 0.3) is 0 Å². The van der Waals surface area contributed by atoms with E-state index >= 15 is 0 Å². The summed E-state index contributed by atoms with van der Waals surface area (Å²) in [5.41, 5.74) is 1.47. The Balaban J connectivity index is 1.93. The number of rotatable bonds is 8. The maximum absolute atomic E-state index is 12.1. The minimum atomic E-state index is -0.440. The van der Waals surface area contributed by atoms with Gasteiger partial charge in [-0.3, -0.25) is 4.79 Å². The summed E-state index contributed by atoms with van der Waals surface area (Å²) in [6, 6.07) is 14.0. The van der Waals surface area contributed by atoms with Crippen LogP contribution in [-0.2, 0) is 4.79 Å². The van der Waals surface area contributed by atoms with Gasteiger partial charge >= 0.3 is 11.6 Å². The third kappa shape index (κ3) is 4.90. The number of carbonyl (C=O) groups is 1. The van der Waals surface area contributed by atoms with Crippen molar-refractivity contribution in [1.29, 1.82) is 0 Å². The number of ether oxygens (including phenoxy) is 2. The zero-order chi connectivity index (χ0) is 20.8. The molecule has 6 nitrogen and oxygen atoms in total. The van der Waals surface area contributed by atoms with E-state index in [-0.39, 0.29) is 12.4 Å². The Morgan fingerprint density at radius 3 is 2.66 bits per heavy atom. The van der Waals surface area contributed by atoms with Crippen LogP contribution in [0.2, 0.25) is 0 Å². The lowest BCUT2D eigenvalue weighted by atomic mass is 10.1. The average molecular weight is 416 g/mol. The smallest absolute Gasteiger partial charge is 0.338 e. The first-order valence-corrected chi connectivity index (χ1v) is 9.78. The van der Waals surface area contributed by atoms with Gasteiger partial charge in [-0.05, 0) is 37.1 Å². The van der Waals surface area contributed by atoms with Crippen molar-refractivity contribution in [3.8, 4) is 11.5 Å². The molecule has 0 amide bonds. The molecule has 152 valence electrons. The molecule has 0 atom stereocenters. The fraction of sp³-hybridized carbons (Fsp3) is 0.273. The minimum Gasteiger partial charge on any atom is -0.493 e. The number of anilines is 2. The second-order valence-electron chi connectivity index (χ2n) is 6.46. The maximum Gasteiger partial charge on any atom is 0.338 e. The minimum absolute atomic E-state index is 0.278. The van der Waals surface area contributed by atoms with Crippen LogP contribution in [0.15, 0.2) is 57.7 Å². The van der Waals surface area contributed by atoms with Gasteiger partial charge in [0.15, 0.2) is 11.5 Å². The van der Waals surface area contributed by atoms with Gasteiger partial charge in [-0.25, -0.2) is 4.79 Å². The highest BCUT2D eigenvalue weighted by Crippen LogP contribution is 2.36. The standard InChI is InChI=1S/C22H22ClNO5/c1-24(17-14-22(26)28-18-8-4-3-7-16(17)18)15-10-11-19(27-2)20(13-15)29-21(25)9-5-6-12-23/h3-4,7-8,10-11,13-14H,5-6,9,12H2,1-2H3. The molecule has 0 N–H and O–H groups in total. The fourth-order valence-electron chi connectivity index (χ4n) is 3.00. The van der Waals surface area contributed by atoms with E-state index in [2.05, 4.69) is 0 Å². The highest BCUT2D eigenvalue weighted by atomic mass is 35.5. The van der Waals surface area contributed by atoms with Crippen molar-refractivity contribution in [2.45, 2.75) is 19.3 Å². The van der Waals surface area contributed by atoms with Gasteiger partial charge in [0.1, 0.15) is 5.58 Å². The van der Waals surface area contributed by atoms with Crippen molar-refractivity contribution < 1.29 is 18.7 Å². The van der Waals surface area contributed by atoms with Crippen molar-refractivity contribution in [2.75, 3.05) is 24.9 Å². The predicted molar refractivity (Wildman–Crippen MR) is 114 cm³/mol. The van der Waals surface area contributed by atoms with Crippen LogP contribution >= 0.6 is 11.6 Å². The van der Waals surface area contributed by atoms with Crippen molar-refractivity contribution >= 4 is 39.9 Å². The number of alkyl halides is 1. The maximum atomic E-state index is 12.1. The van der Waals surface area contributed by atoms with E-state index in [0.717, 1.165) is 17.5 Å². The van der Waals surface area contributed by atoms with Crippen LogP contribution < -0.4 is 20.0 Å². The molecule has 2 aromatic carbocycles. The fourth-order valence-corrected chi connectivity index (χ4v) is 3.19. The zero-order valence-electron chi connectivity index (χ0n) is 16.3. The largest absolute Gasteiger partial charge is 0.493 e. The van der Waals surface area contributed by atoms with Crippen molar-refractivity contribution in [1.82, 2.24) is 0 Å². The second kappa shape index (κ2) is 9.47. The lowest BCUT2D eigenvalue weighted by Gasteiger charge is -2.22. The molecule has 3 aromatic rings. The molecule has 0 bridgehead atoms. The Hall–Kier alpha value is -2.99. The van der Waals surface area contributed by atoms with Gasteiger partial charge in [-0.15, -0.1) is 11.6 Å². The monoisotopic (exact) mass is 415 g/mol. The second-order valence-corrected chi connectivity index (χ2v) is 6.84. The van der Waals surface area contributed by atoms with Crippen molar-refractivity contribution in [2.24, 2.45) is 0 Å². The van der Waals surface area contributed by atoms with Gasteiger partial charge in [0.05, 0.1) is 12.8 Å². The van der Waals surface area contributed by atoms with Crippen LogP contribution in [0, 0.1) is 0 Å². The summed E-state index contributed by atoms with van der Waals surface area (Å²) in [7, 11) is 3.34. The molecular weight excluding hydrogens is 394 g/mol. The number of unbranched alkanes of at least 4 members (excludes halogenated alkanes) is 1. The van der Waals surface area contributed by atoms with E-state index in [1.54, 1.807) is 18.2 Å². The van der Waals surface area contributed by atoms with E-state index < -0.39 is 5.63 Å². The third-order valence-corrected chi connectivity index (χ3v) is 4.78. The molecule has 0 unspecified atom stereocenters. The number of nitrogens with zero attached hydrogens (tertiary/aromatic N) is 1. The highest BCUT2D eigenvalue weighted by Gasteiger charge is 2.16. The number of methoxy groups -OCH3 is 1. The zero-order valence-corrected chi connectivity index (χ0v) is 17.1. The quantitative estimate of drug-likeness (QED) is 0.172. The van der Waals surface area contributed by atoms with Crippen LogP contribution in [-0.4, -0.2) is 26.0 Å².